The number of nitrogens with zero attached hydrogens (tertiary/aromatic N) is 6. The van der Waals surface area contributed by atoms with E-state index in [9.17, 15) is 4.79 Å². The molecule has 8 nitrogen and oxygen atoms in total. The molecular weight excluding hydrogens is 344 g/mol. The summed E-state index contributed by atoms with van der Waals surface area (Å²) in [5, 5.41) is 22.1. The van der Waals surface area contributed by atoms with Crippen LogP contribution in [0.5, 0.6) is 0 Å². The SMILES string of the molecule is O=c1c2nnc3c(-c4ccc(Cl)cc4)cnn3c2ncn1CCCO. The minimum absolute atomic E-state index is 0.00119. The first kappa shape index (κ1) is 15.7. The van der Waals surface area contributed by atoms with Crippen molar-refractivity contribution < 1.29 is 5.11 Å². The summed E-state index contributed by atoms with van der Waals surface area (Å²) in [6.45, 7) is 0.367. The van der Waals surface area contributed by atoms with Crippen LogP contribution in [0, 0.1) is 0 Å². The summed E-state index contributed by atoms with van der Waals surface area (Å²) >= 11 is 5.93. The number of aliphatic hydroxyl groups excluding tert-OH is 1. The van der Waals surface area contributed by atoms with Crippen LogP contribution in [0.1, 0.15) is 6.42 Å². The molecule has 0 fully saturated rings. The highest BCUT2D eigenvalue weighted by Gasteiger charge is 2.15. The van der Waals surface area contributed by atoms with Crippen LogP contribution < -0.4 is 5.56 Å². The summed E-state index contributed by atoms with van der Waals surface area (Å²) in [5.74, 6) is 0. The molecule has 0 atom stereocenters. The van der Waals surface area contributed by atoms with E-state index in [1.54, 1.807) is 18.3 Å². The molecule has 3 aromatic heterocycles. The maximum absolute atomic E-state index is 12.5. The van der Waals surface area contributed by atoms with Crippen molar-refractivity contribution in [3.05, 3.63) is 52.2 Å². The average molecular weight is 357 g/mol. The molecule has 0 amide bonds. The fraction of sp³-hybridized carbons (Fsp3) is 0.188. The summed E-state index contributed by atoms with van der Waals surface area (Å²) in [4.78, 5) is 16.8. The first-order chi connectivity index (χ1) is 12.2. The third-order valence-electron chi connectivity index (χ3n) is 3.90. The largest absolute Gasteiger partial charge is 0.396 e. The van der Waals surface area contributed by atoms with E-state index >= 15 is 0 Å². The number of aromatic nitrogens is 6. The molecule has 0 unspecified atom stereocenters. The highest BCUT2D eigenvalue weighted by atomic mass is 35.5. The van der Waals surface area contributed by atoms with Crippen LogP contribution >= 0.6 is 11.6 Å². The molecule has 4 aromatic rings. The second-order valence-electron chi connectivity index (χ2n) is 5.49. The molecule has 0 aliphatic heterocycles. The van der Waals surface area contributed by atoms with Gasteiger partial charge < -0.3 is 5.11 Å². The monoisotopic (exact) mass is 356 g/mol. The van der Waals surface area contributed by atoms with Gasteiger partial charge in [0.25, 0.3) is 5.56 Å². The van der Waals surface area contributed by atoms with Crippen LogP contribution in [0.15, 0.2) is 41.6 Å². The van der Waals surface area contributed by atoms with Crippen molar-refractivity contribution in [2.24, 2.45) is 0 Å². The summed E-state index contributed by atoms with van der Waals surface area (Å²) in [5.41, 5.74) is 2.35. The molecule has 0 bridgehead atoms. The maximum Gasteiger partial charge on any atom is 0.283 e. The second kappa shape index (κ2) is 6.23. The van der Waals surface area contributed by atoms with Crippen molar-refractivity contribution in [3.8, 4) is 11.1 Å². The highest BCUT2D eigenvalue weighted by molar-refractivity contribution is 6.30. The van der Waals surface area contributed by atoms with Gasteiger partial charge in [-0.05, 0) is 24.1 Å². The first-order valence-electron chi connectivity index (χ1n) is 7.65. The van der Waals surface area contributed by atoms with Crippen LogP contribution in [0.2, 0.25) is 5.02 Å². The van der Waals surface area contributed by atoms with Gasteiger partial charge in [-0.1, -0.05) is 23.7 Å². The molecule has 1 aromatic carbocycles. The molecular formula is C16H13ClN6O2. The van der Waals surface area contributed by atoms with Crippen LogP contribution in [0.3, 0.4) is 0 Å². The first-order valence-corrected chi connectivity index (χ1v) is 8.03. The molecule has 0 saturated heterocycles. The van der Waals surface area contributed by atoms with Gasteiger partial charge in [0.1, 0.15) is 6.33 Å². The fourth-order valence-corrected chi connectivity index (χ4v) is 2.76. The Kier molecular flexibility index (Phi) is 3.90. The quantitative estimate of drug-likeness (QED) is 0.595. The predicted octanol–water partition coefficient (Wildman–Crippen LogP) is 1.54. The molecule has 0 aliphatic rings. The molecule has 0 saturated carbocycles. The molecule has 9 heteroatoms. The molecule has 0 radical (unpaired) electrons. The van der Waals surface area contributed by atoms with Gasteiger partial charge in [-0.3, -0.25) is 9.36 Å². The molecule has 0 spiro atoms. The van der Waals surface area contributed by atoms with Crippen molar-refractivity contribution in [2.45, 2.75) is 13.0 Å². The van der Waals surface area contributed by atoms with Gasteiger partial charge in [-0.15, -0.1) is 10.2 Å². The van der Waals surface area contributed by atoms with E-state index in [2.05, 4.69) is 20.3 Å². The van der Waals surface area contributed by atoms with Gasteiger partial charge in [-0.25, -0.2) is 4.98 Å². The summed E-state index contributed by atoms with van der Waals surface area (Å²) in [7, 11) is 0. The van der Waals surface area contributed by atoms with Gasteiger partial charge in [0.2, 0.25) is 0 Å². The minimum atomic E-state index is -0.309. The Morgan fingerprint density at radius 3 is 2.68 bits per heavy atom. The van der Waals surface area contributed by atoms with Crippen molar-refractivity contribution >= 4 is 28.4 Å². The second-order valence-corrected chi connectivity index (χ2v) is 5.93. The third-order valence-corrected chi connectivity index (χ3v) is 4.15. The topological polar surface area (TPSA) is 98.2 Å². The van der Waals surface area contributed by atoms with Gasteiger partial charge in [0.05, 0.1) is 6.20 Å². The van der Waals surface area contributed by atoms with Gasteiger partial charge >= 0.3 is 0 Å². The van der Waals surface area contributed by atoms with Crippen molar-refractivity contribution in [2.75, 3.05) is 6.61 Å². The van der Waals surface area contributed by atoms with E-state index in [1.807, 2.05) is 12.1 Å². The van der Waals surface area contributed by atoms with E-state index in [4.69, 9.17) is 16.7 Å². The molecule has 4 rings (SSSR count). The van der Waals surface area contributed by atoms with Crippen molar-refractivity contribution in [3.63, 3.8) is 0 Å². The maximum atomic E-state index is 12.5. The Hall–Kier alpha value is -2.84. The Morgan fingerprint density at radius 1 is 1.12 bits per heavy atom. The average Bonchev–Trinajstić information content (AvgIpc) is 3.06. The van der Waals surface area contributed by atoms with Crippen LogP contribution in [-0.4, -0.2) is 41.1 Å². The van der Waals surface area contributed by atoms with Gasteiger partial charge in [-0.2, -0.15) is 9.61 Å². The van der Waals surface area contributed by atoms with E-state index in [0.717, 1.165) is 11.1 Å². The van der Waals surface area contributed by atoms with Crippen molar-refractivity contribution in [1.29, 1.82) is 0 Å². The predicted molar refractivity (Wildman–Crippen MR) is 92.5 cm³/mol. The van der Waals surface area contributed by atoms with E-state index in [-0.39, 0.29) is 17.7 Å². The number of rotatable bonds is 4. The summed E-state index contributed by atoms with van der Waals surface area (Å²) in [6, 6.07) is 7.30. The lowest BCUT2D eigenvalue weighted by Gasteiger charge is -2.05. The molecule has 3 heterocycles. The number of fused-ring (bicyclic) bond motifs is 3. The van der Waals surface area contributed by atoms with Crippen LogP contribution in [-0.2, 0) is 6.54 Å². The number of hydrogen-bond donors (Lipinski definition) is 1. The molecule has 126 valence electrons. The standard InChI is InChI=1S/C16H13ClN6O2/c17-11-4-2-10(3-5-11)12-8-19-23-14(12)21-20-13-15(23)18-9-22(16(13)25)6-1-7-24/h2-5,8-9,24H,1,6-7H2. The fourth-order valence-electron chi connectivity index (χ4n) is 2.64. The smallest absolute Gasteiger partial charge is 0.283 e. The number of hydrogen-bond acceptors (Lipinski definition) is 6. The van der Waals surface area contributed by atoms with Crippen molar-refractivity contribution in [1.82, 2.24) is 29.4 Å². The van der Waals surface area contributed by atoms with E-state index in [1.165, 1.54) is 15.4 Å². The zero-order valence-corrected chi connectivity index (χ0v) is 13.8. The Bertz CT molecular complexity index is 1120. The Morgan fingerprint density at radius 2 is 1.92 bits per heavy atom. The lowest BCUT2D eigenvalue weighted by atomic mass is 10.1. The Balaban J connectivity index is 1.89. The van der Waals surface area contributed by atoms with Crippen LogP contribution in [0.25, 0.3) is 27.9 Å². The van der Waals surface area contributed by atoms with Gasteiger partial charge in [0.15, 0.2) is 16.8 Å². The third kappa shape index (κ3) is 2.65. The lowest BCUT2D eigenvalue weighted by Crippen LogP contribution is -2.23. The molecule has 0 aliphatic carbocycles. The summed E-state index contributed by atoms with van der Waals surface area (Å²) < 4.78 is 2.91. The van der Waals surface area contributed by atoms with Gasteiger partial charge in [0, 0.05) is 23.7 Å². The Labute approximate surface area is 146 Å². The van der Waals surface area contributed by atoms with Crippen LogP contribution in [0.4, 0.5) is 0 Å². The molecule has 1 N–H and O–H groups in total. The summed E-state index contributed by atoms with van der Waals surface area (Å²) in [6.07, 6.45) is 3.56. The minimum Gasteiger partial charge on any atom is -0.396 e. The molecule has 25 heavy (non-hydrogen) atoms. The number of aryl methyl sites for hydroxylation is 1. The van der Waals surface area contributed by atoms with E-state index < -0.39 is 0 Å². The zero-order valence-electron chi connectivity index (χ0n) is 13.0. The lowest BCUT2D eigenvalue weighted by molar-refractivity contribution is 0.279. The highest BCUT2D eigenvalue weighted by Crippen LogP contribution is 2.25. The normalized spacial score (nSPS) is 11.4. The number of halogens is 1. The van der Waals surface area contributed by atoms with E-state index in [0.29, 0.717) is 29.3 Å². The zero-order chi connectivity index (χ0) is 17.4. The number of aliphatic hydroxyl groups is 1. The number of benzene rings is 1.